The number of nitrogens with zero attached hydrogens (tertiary/aromatic N) is 4. The molecule has 3 heterocycles. The summed E-state index contributed by atoms with van der Waals surface area (Å²) in [4.78, 5) is 37.0. The Kier molecular flexibility index (Phi) is 14.2. The van der Waals surface area contributed by atoms with Crippen LogP contribution in [-0.2, 0) is 35.1 Å². The Bertz CT molecular complexity index is 1320. The second kappa shape index (κ2) is 17.8. The highest BCUT2D eigenvalue weighted by Crippen LogP contribution is 2.38. The first kappa shape index (κ1) is 40.9. The van der Waals surface area contributed by atoms with Crippen LogP contribution in [0.5, 0.6) is 0 Å². The van der Waals surface area contributed by atoms with E-state index in [1.54, 1.807) is 13.8 Å². The molecule has 10 N–H and O–H groups in total. The van der Waals surface area contributed by atoms with Crippen LogP contribution in [-0.4, -0.2) is 173 Å². The van der Waals surface area contributed by atoms with Crippen molar-refractivity contribution in [3.8, 4) is 0 Å². The fraction of sp³-hybridized carbons (Fsp3) is 0.839. The number of carbonyl (C=O) groups excluding carboxylic acids is 3. The molecular weight excluding hydrogens is 680 g/mol. The van der Waals surface area contributed by atoms with E-state index in [0.29, 0.717) is 12.8 Å². The number of aryl methyl sites for hydroxylation is 1. The summed E-state index contributed by atoms with van der Waals surface area (Å²) in [5, 5.41) is 84.4. The van der Waals surface area contributed by atoms with Crippen molar-refractivity contribution in [2.24, 2.45) is 23.5 Å². The van der Waals surface area contributed by atoms with E-state index in [2.05, 4.69) is 15.6 Å². The lowest BCUT2D eigenvalue weighted by molar-refractivity contribution is -0.341. The van der Waals surface area contributed by atoms with Gasteiger partial charge in [-0.1, -0.05) is 26.0 Å². The van der Waals surface area contributed by atoms with Gasteiger partial charge in [0.05, 0.1) is 37.7 Å². The summed E-state index contributed by atoms with van der Waals surface area (Å²) < 4.78 is 24.8. The summed E-state index contributed by atoms with van der Waals surface area (Å²) in [6.45, 7) is 5.96. The molecule has 290 valence electrons. The molecule has 0 spiro atoms. The molecule has 1 aromatic rings. The minimum atomic E-state index is -1.74. The van der Waals surface area contributed by atoms with Crippen LogP contribution in [0.1, 0.15) is 51.0 Å². The summed E-state index contributed by atoms with van der Waals surface area (Å²) in [5.74, 6) is -2.92. The van der Waals surface area contributed by atoms with Crippen LogP contribution in [0.2, 0.25) is 0 Å². The van der Waals surface area contributed by atoms with Gasteiger partial charge in [0.1, 0.15) is 42.7 Å². The number of carbonyl (C=O) groups is 3. The summed E-state index contributed by atoms with van der Waals surface area (Å²) in [6.07, 6.45) is -13.7. The molecule has 0 aromatic carbocycles. The minimum Gasteiger partial charge on any atom is -0.394 e. The molecule has 20 heteroatoms. The molecule has 1 aromatic heterocycles. The largest absolute Gasteiger partial charge is 0.394 e. The number of aliphatic hydroxyl groups is 7. The van der Waals surface area contributed by atoms with Crippen molar-refractivity contribution in [1.29, 1.82) is 0 Å². The van der Waals surface area contributed by atoms with Gasteiger partial charge >= 0.3 is 0 Å². The molecule has 2 aliphatic heterocycles. The average Bonchev–Trinajstić information content (AvgIpc) is 3.56. The molecule has 3 amide bonds. The van der Waals surface area contributed by atoms with E-state index in [9.17, 15) is 50.1 Å². The Labute approximate surface area is 294 Å². The zero-order chi connectivity index (χ0) is 37.7. The summed E-state index contributed by atoms with van der Waals surface area (Å²) in [7, 11) is 0. The molecule has 15 unspecified atom stereocenters. The maximum absolute atomic E-state index is 12.8. The Balaban J connectivity index is 1.34. The first-order chi connectivity index (χ1) is 24.0. The van der Waals surface area contributed by atoms with Gasteiger partial charge in [-0.15, -0.1) is 5.10 Å². The predicted molar refractivity (Wildman–Crippen MR) is 171 cm³/mol. The summed E-state index contributed by atoms with van der Waals surface area (Å²) in [5.41, 5.74) is 5.10. The molecule has 1 aliphatic carbocycles. The van der Waals surface area contributed by atoms with Crippen LogP contribution in [0.4, 0.5) is 0 Å². The van der Waals surface area contributed by atoms with E-state index in [4.69, 9.17) is 24.7 Å². The van der Waals surface area contributed by atoms with Crippen LogP contribution in [0.25, 0.3) is 0 Å². The molecular formula is C31H52N6O14. The van der Waals surface area contributed by atoms with Crippen LogP contribution in [0.15, 0.2) is 6.20 Å². The molecule has 1 saturated carbocycles. The molecule has 0 bridgehead atoms. The molecule has 3 fully saturated rings. The van der Waals surface area contributed by atoms with Gasteiger partial charge in [0.2, 0.25) is 11.8 Å². The molecule has 0 radical (unpaired) electrons. The van der Waals surface area contributed by atoms with Gasteiger partial charge in [0.15, 0.2) is 18.3 Å². The fourth-order valence-corrected chi connectivity index (χ4v) is 6.79. The Morgan fingerprint density at radius 3 is 2.12 bits per heavy atom. The molecule has 4 rings (SSSR count). The SMILES string of the molecule is CC(=O)N(CCCn1cc(C(=O)NCC2OC(OC3C(C)CC(C)C(OC4OC(CO)C(O)C(C)C4O)C3O)C(O)C(O)C2O)nn1)CC(N)=O. The topological polar surface area (TPSA) is 302 Å². The number of aliphatic hydroxyl groups excluding tert-OH is 7. The third-order valence-electron chi connectivity index (χ3n) is 9.86. The van der Waals surface area contributed by atoms with E-state index in [1.807, 2.05) is 6.92 Å². The van der Waals surface area contributed by atoms with Crippen LogP contribution in [0.3, 0.4) is 0 Å². The Hall–Kier alpha value is -2.89. The van der Waals surface area contributed by atoms with Crippen LogP contribution in [0, 0.1) is 17.8 Å². The van der Waals surface area contributed by atoms with Gasteiger partial charge in [-0.2, -0.15) is 0 Å². The van der Waals surface area contributed by atoms with Crippen molar-refractivity contribution < 1.29 is 69.1 Å². The number of aromatic nitrogens is 3. The normalized spacial score (nSPS) is 38.6. The first-order valence-corrected chi connectivity index (χ1v) is 17.1. The highest BCUT2D eigenvalue weighted by Gasteiger charge is 2.51. The smallest absolute Gasteiger partial charge is 0.273 e. The van der Waals surface area contributed by atoms with E-state index in [0.717, 1.165) is 0 Å². The van der Waals surface area contributed by atoms with Gasteiger partial charge < -0.3 is 70.6 Å². The standard InChI is InChI=1S/C31H52N6O14/c1-13-8-14(2)28(26(46)27(13)50-30-22(42)15(3)21(41)19(12-38)49-30)51-31-25(45)24(44)23(43)18(48-31)9-33-29(47)17-10-37(35-34-17)7-5-6-36(16(4)39)11-20(32)40/h10,13-15,18-19,21-28,30-31,38,41-46H,5-9,11-12H2,1-4H3,(H2,32,40)(H,33,47). The average molecular weight is 733 g/mol. The van der Waals surface area contributed by atoms with E-state index >= 15 is 0 Å². The maximum Gasteiger partial charge on any atom is 0.273 e. The fourth-order valence-electron chi connectivity index (χ4n) is 6.79. The quantitative estimate of drug-likeness (QED) is 0.0870. The molecule has 51 heavy (non-hydrogen) atoms. The highest BCUT2D eigenvalue weighted by molar-refractivity contribution is 5.91. The van der Waals surface area contributed by atoms with Crippen molar-refractivity contribution in [3.05, 3.63) is 11.9 Å². The van der Waals surface area contributed by atoms with Crippen LogP contribution < -0.4 is 11.1 Å². The second-order valence-corrected chi connectivity index (χ2v) is 13.8. The van der Waals surface area contributed by atoms with E-state index in [1.165, 1.54) is 22.7 Å². The van der Waals surface area contributed by atoms with Gasteiger partial charge in [-0.3, -0.25) is 19.1 Å². The van der Waals surface area contributed by atoms with Crippen molar-refractivity contribution in [1.82, 2.24) is 25.2 Å². The number of nitrogens with two attached hydrogens (primary N) is 1. The van der Waals surface area contributed by atoms with Crippen molar-refractivity contribution >= 4 is 17.7 Å². The van der Waals surface area contributed by atoms with Crippen LogP contribution >= 0.6 is 0 Å². The predicted octanol–water partition coefficient (Wildman–Crippen LogP) is -4.58. The van der Waals surface area contributed by atoms with Crippen molar-refractivity contribution in [3.63, 3.8) is 0 Å². The lowest BCUT2D eigenvalue weighted by Gasteiger charge is -2.48. The Morgan fingerprint density at radius 1 is 0.922 bits per heavy atom. The zero-order valence-corrected chi connectivity index (χ0v) is 29.0. The number of primary amides is 1. The number of nitrogens with one attached hydrogen (secondary N) is 1. The van der Waals surface area contributed by atoms with E-state index < -0.39 is 98.0 Å². The molecule has 20 nitrogen and oxygen atoms in total. The van der Waals surface area contributed by atoms with E-state index in [-0.39, 0.29) is 49.6 Å². The monoisotopic (exact) mass is 732 g/mol. The number of amides is 3. The molecule has 3 aliphatic rings. The highest BCUT2D eigenvalue weighted by atomic mass is 16.7. The third-order valence-corrected chi connectivity index (χ3v) is 9.86. The van der Waals surface area contributed by atoms with Gasteiger partial charge in [0, 0.05) is 32.5 Å². The summed E-state index contributed by atoms with van der Waals surface area (Å²) in [6, 6.07) is 0. The lowest BCUT2D eigenvalue weighted by Crippen LogP contribution is -2.63. The number of hydrogen-bond donors (Lipinski definition) is 9. The molecule has 2 saturated heterocycles. The Morgan fingerprint density at radius 2 is 1.53 bits per heavy atom. The first-order valence-electron chi connectivity index (χ1n) is 17.1. The lowest BCUT2D eigenvalue weighted by atomic mass is 9.77. The van der Waals surface area contributed by atoms with Gasteiger partial charge in [0.25, 0.3) is 5.91 Å². The minimum absolute atomic E-state index is 0.0742. The van der Waals surface area contributed by atoms with Crippen molar-refractivity contribution in [2.45, 2.75) is 121 Å². The maximum atomic E-state index is 12.8. The van der Waals surface area contributed by atoms with Gasteiger partial charge in [-0.05, 0) is 24.7 Å². The third kappa shape index (κ3) is 9.76. The number of rotatable bonds is 14. The number of ether oxygens (including phenoxy) is 4. The van der Waals surface area contributed by atoms with Gasteiger partial charge in [-0.25, -0.2) is 0 Å². The van der Waals surface area contributed by atoms with Crippen molar-refractivity contribution in [2.75, 3.05) is 26.2 Å². The molecule has 15 atom stereocenters. The number of hydrogen-bond acceptors (Lipinski definition) is 16. The summed E-state index contributed by atoms with van der Waals surface area (Å²) >= 11 is 0. The zero-order valence-electron chi connectivity index (χ0n) is 29.0. The second-order valence-electron chi connectivity index (χ2n) is 13.8.